The zero-order chi connectivity index (χ0) is 11.1. The number of hydrogen-bond acceptors (Lipinski definition) is 4. The van der Waals surface area contributed by atoms with Crippen molar-refractivity contribution in [3.8, 4) is 0 Å². The quantitative estimate of drug-likeness (QED) is 0.496. The molecule has 0 fully saturated rings. The summed E-state index contributed by atoms with van der Waals surface area (Å²) in [6, 6.07) is 0. The maximum absolute atomic E-state index is 10.7. The first-order valence-electron chi connectivity index (χ1n) is 4.40. The number of carbonyl (C=O) groups excluding carboxylic acids is 2. The molecule has 80 valence electrons. The van der Waals surface area contributed by atoms with Gasteiger partial charge in [-0.15, -0.1) is 6.58 Å². The van der Waals surface area contributed by atoms with Crippen LogP contribution in [0.15, 0.2) is 12.7 Å². The van der Waals surface area contributed by atoms with Gasteiger partial charge < -0.3 is 9.47 Å². The maximum atomic E-state index is 10.7. The highest BCUT2D eigenvalue weighted by molar-refractivity contribution is 5.67. The summed E-state index contributed by atoms with van der Waals surface area (Å²) >= 11 is 0. The second-order valence-corrected chi connectivity index (χ2v) is 3.05. The molecular formula is C10H16O4. The Labute approximate surface area is 83.9 Å². The van der Waals surface area contributed by atoms with Gasteiger partial charge in [-0.1, -0.05) is 13.0 Å². The molecule has 0 aliphatic heterocycles. The van der Waals surface area contributed by atoms with Crippen LogP contribution in [0.5, 0.6) is 0 Å². The normalized spacial score (nSPS) is 13.9. The van der Waals surface area contributed by atoms with Crippen molar-refractivity contribution in [2.75, 3.05) is 6.61 Å². The molecular weight excluding hydrogens is 184 g/mol. The molecule has 0 aromatic carbocycles. The van der Waals surface area contributed by atoms with Crippen molar-refractivity contribution >= 4 is 11.9 Å². The van der Waals surface area contributed by atoms with Gasteiger partial charge in [-0.25, -0.2) is 0 Å². The first-order valence-corrected chi connectivity index (χ1v) is 4.40. The minimum atomic E-state index is -0.450. The third-order valence-corrected chi connectivity index (χ3v) is 1.73. The Balaban J connectivity index is 4.16. The Morgan fingerprint density at radius 2 is 1.93 bits per heavy atom. The molecule has 2 unspecified atom stereocenters. The zero-order valence-electron chi connectivity index (χ0n) is 8.78. The van der Waals surface area contributed by atoms with Crippen LogP contribution < -0.4 is 0 Å². The summed E-state index contributed by atoms with van der Waals surface area (Å²) in [4.78, 5) is 21.3. The number of hydrogen-bond donors (Lipinski definition) is 0. The standard InChI is InChI=1S/C10H16O4/c1-5-7(2)10(14-9(4)12)6-13-8(3)11/h5,7,10H,1,6H2,2-4H3. The Hall–Kier alpha value is -1.32. The van der Waals surface area contributed by atoms with E-state index in [1.807, 2.05) is 6.92 Å². The van der Waals surface area contributed by atoms with Gasteiger partial charge in [0.1, 0.15) is 12.7 Å². The monoisotopic (exact) mass is 200 g/mol. The van der Waals surface area contributed by atoms with Crippen LogP contribution in [0.4, 0.5) is 0 Å². The molecule has 0 aliphatic rings. The van der Waals surface area contributed by atoms with Crippen LogP contribution in [0.1, 0.15) is 20.8 Å². The van der Waals surface area contributed by atoms with E-state index in [1.165, 1.54) is 13.8 Å². The molecule has 14 heavy (non-hydrogen) atoms. The lowest BCUT2D eigenvalue weighted by atomic mass is 10.1. The topological polar surface area (TPSA) is 52.6 Å². The molecule has 0 aromatic heterocycles. The van der Waals surface area contributed by atoms with E-state index in [2.05, 4.69) is 6.58 Å². The van der Waals surface area contributed by atoms with Crippen LogP contribution in [-0.4, -0.2) is 24.6 Å². The van der Waals surface area contributed by atoms with E-state index in [4.69, 9.17) is 9.47 Å². The van der Waals surface area contributed by atoms with Gasteiger partial charge in [-0.05, 0) is 0 Å². The summed E-state index contributed by atoms with van der Waals surface area (Å²) < 4.78 is 9.73. The molecule has 0 N–H and O–H groups in total. The summed E-state index contributed by atoms with van der Waals surface area (Å²) in [7, 11) is 0. The highest BCUT2D eigenvalue weighted by atomic mass is 16.6. The van der Waals surface area contributed by atoms with Crippen molar-refractivity contribution in [1.82, 2.24) is 0 Å². The van der Waals surface area contributed by atoms with Gasteiger partial charge in [0.25, 0.3) is 0 Å². The number of rotatable bonds is 5. The predicted octanol–water partition coefficient (Wildman–Crippen LogP) is 1.30. The van der Waals surface area contributed by atoms with Crippen molar-refractivity contribution in [3.63, 3.8) is 0 Å². The van der Waals surface area contributed by atoms with E-state index in [-0.39, 0.29) is 12.5 Å². The van der Waals surface area contributed by atoms with Gasteiger partial charge in [0, 0.05) is 19.8 Å². The molecule has 0 saturated carbocycles. The maximum Gasteiger partial charge on any atom is 0.303 e. The number of ether oxygens (including phenoxy) is 2. The average molecular weight is 200 g/mol. The number of esters is 2. The van der Waals surface area contributed by atoms with Crippen LogP contribution in [0, 0.1) is 5.92 Å². The molecule has 2 atom stereocenters. The molecule has 0 rings (SSSR count). The summed E-state index contributed by atoms with van der Waals surface area (Å²) in [6.45, 7) is 8.12. The molecule has 0 aromatic rings. The van der Waals surface area contributed by atoms with Gasteiger partial charge in [-0.3, -0.25) is 9.59 Å². The van der Waals surface area contributed by atoms with Gasteiger partial charge in [0.05, 0.1) is 0 Å². The predicted molar refractivity (Wildman–Crippen MR) is 51.5 cm³/mol. The molecule has 0 bridgehead atoms. The van der Waals surface area contributed by atoms with Crippen LogP contribution in [0.3, 0.4) is 0 Å². The van der Waals surface area contributed by atoms with E-state index in [0.717, 1.165) is 0 Å². The van der Waals surface area contributed by atoms with Gasteiger partial charge in [0.15, 0.2) is 0 Å². The van der Waals surface area contributed by atoms with Gasteiger partial charge in [0.2, 0.25) is 0 Å². The minimum Gasteiger partial charge on any atom is -0.462 e. The molecule has 0 saturated heterocycles. The highest BCUT2D eigenvalue weighted by Crippen LogP contribution is 2.09. The second-order valence-electron chi connectivity index (χ2n) is 3.05. The first-order chi connectivity index (χ1) is 6.47. The fourth-order valence-electron chi connectivity index (χ4n) is 0.858. The fraction of sp³-hybridized carbons (Fsp3) is 0.600. The zero-order valence-corrected chi connectivity index (χ0v) is 8.78. The Morgan fingerprint density at radius 3 is 2.29 bits per heavy atom. The number of carbonyl (C=O) groups is 2. The van der Waals surface area contributed by atoms with E-state index in [9.17, 15) is 9.59 Å². The van der Waals surface area contributed by atoms with Gasteiger partial charge in [-0.2, -0.15) is 0 Å². The summed E-state index contributed by atoms with van der Waals surface area (Å²) in [5.41, 5.74) is 0. The molecule has 0 heterocycles. The average Bonchev–Trinajstić information content (AvgIpc) is 2.10. The fourth-order valence-corrected chi connectivity index (χ4v) is 0.858. The third-order valence-electron chi connectivity index (χ3n) is 1.73. The lowest BCUT2D eigenvalue weighted by Crippen LogP contribution is -2.29. The van der Waals surface area contributed by atoms with Crippen LogP contribution >= 0.6 is 0 Å². The van der Waals surface area contributed by atoms with Crippen molar-refractivity contribution in [2.24, 2.45) is 5.92 Å². The molecule has 0 amide bonds. The Bertz CT molecular complexity index is 222. The minimum absolute atomic E-state index is 0.0433. The smallest absolute Gasteiger partial charge is 0.303 e. The van der Waals surface area contributed by atoms with E-state index in [0.29, 0.717) is 0 Å². The largest absolute Gasteiger partial charge is 0.462 e. The molecule has 0 radical (unpaired) electrons. The second kappa shape index (κ2) is 6.18. The van der Waals surface area contributed by atoms with Crippen LogP contribution in [-0.2, 0) is 19.1 Å². The van der Waals surface area contributed by atoms with Crippen LogP contribution in [0.2, 0.25) is 0 Å². The lowest BCUT2D eigenvalue weighted by molar-refractivity contribution is -0.158. The molecule has 0 spiro atoms. The first kappa shape index (κ1) is 12.7. The van der Waals surface area contributed by atoms with Crippen molar-refractivity contribution in [2.45, 2.75) is 26.9 Å². The SMILES string of the molecule is C=CC(C)C(COC(C)=O)OC(C)=O. The molecule has 4 heteroatoms. The Morgan fingerprint density at radius 1 is 1.36 bits per heavy atom. The summed E-state index contributed by atoms with van der Waals surface area (Å²) in [6.07, 6.45) is 1.20. The highest BCUT2D eigenvalue weighted by Gasteiger charge is 2.18. The van der Waals surface area contributed by atoms with Crippen LogP contribution in [0.25, 0.3) is 0 Å². The summed E-state index contributed by atoms with van der Waals surface area (Å²) in [5.74, 6) is -0.826. The lowest BCUT2D eigenvalue weighted by Gasteiger charge is -2.20. The molecule has 4 nitrogen and oxygen atoms in total. The van der Waals surface area contributed by atoms with E-state index in [1.54, 1.807) is 6.08 Å². The Kier molecular flexibility index (Phi) is 5.60. The molecule has 0 aliphatic carbocycles. The van der Waals surface area contributed by atoms with Crippen molar-refractivity contribution in [1.29, 1.82) is 0 Å². The third kappa shape index (κ3) is 5.35. The van der Waals surface area contributed by atoms with E-state index < -0.39 is 18.0 Å². The van der Waals surface area contributed by atoms with Gasteiger partial charge >= 0.3 is 11.9 Å². The summed E-state index contributed by atoms with van der Waals surface area (Å²) in [5, 5.41) is 0. The van der Waals surface area contributed by atoms with E-state index >= 15 is 0 Å². The van der Waals surface area contributed by atoms with Crippen molar-refractivity contribution in [3.05, 3.63) is 12.7 Å². The van der Waals surface area contributed by atoms with Crippen molar-refractivity contribution < 1.29 is 19.1 Å².